The van der Waals surface area contributed by atoms with Crippen molar-refractivity contribution in [1.82, 2.24) is 9.71 Å². The quantitative estimate of drug-likeness (QED) is 0.666. The van der Waals surface area contributed by atoms with Gasteiger partial charge >= 0.3 is 0 Å². The van der Waals surface area contributed by atoms with Gasteiger partial charge in [-0.1, -0.05) is 0 Å². The summed E-state index contributed by atoms with van der Waals surface area (Å²) in [4.78, 5) is 14.7. The number of hydrogen-bond donors (Lipinski definition) is 2. The van der Waals surface area contributed by atoms with E-state index in [9.17, 15) is 4.79 Å². The van der Waals surface area contributed by atoms with E-state index in [1.165, 1.54) is 11.9 Å². The molecule has 1 aromatic heterocycles. The van der Waals surface area contributed by atoms with Gasteiger partial charge in [0.25, 0.3) is 0 Å². The summed E-state index contributed by atoms with van der Waals surface area (Å²) in [5.41, 5.74) is 5.56. The van der Waals surface area contributed by atoms with Gasteiger partial charge in [0.15, 0.2) is 0 Å². The topological polar surface area (TPSA) is 68.0 Å². The van der Waals surface area contributed by atoms with Gasteiger partial charge < -0.3 is 5.73 Å². The maximum atomic E-state index is 10.7. The van der Waals surface area contributed by atoms with Crippen molar-refractivity contribution in [3.8, 4) is 0 Å². The van der Waals surface area contributed by atoms with Gasteiger partial charge in [-0.3, -0.25) is 9.52 Å². The largest absolute Gasteiger partial charge is 0.366 e. The van der Waals surface area contributed by atoms with E-state index in [4.69, 9.17) is 5.73 Å². The first-order chi connectivity index (χ1) is 5.74. The van der Waals surface area contributed by atoms with Crippen molar-refractivity contribution in [3.05, 3.63) is 23.9 Å². The minimum atomic E-state index is -0.435. The zero-order chi connectivity index (χ0) is 8.97. The predicted octanol–water partition coefficient (Wildman–Crippen LogP) is 0.407. The lowest BCUT2D eigenvalue weighted by atomic mass is 10.3. The molecule has 64 valence electrons. The molecule has 1 aromatic rings. The Bertz CT molecular complexity index is 290. The molecule has 0 bridgehead atoms. The van der Waals surface area contributed by atoms with Crippen molar-refractivity contribution in [2.75, 3.05) is 7.05 Å². The van der Waals surface area contributed by atoms with E-state index in [1.807, 2.05) is 0 Å². The van der Waals surface area contributed by atoms with Gasteiger partial charge in [0.1, 0.15) is 5.03 Å². The van der Waals surface area contributed by atoms with E-state index in [-0.39, 0.29) is 0 Å². The van der Waals surface area contributed by atoms with E-state index >= 15 is 0 Å². The Labute approximate surface area is 74.7 Å². The van der Waals surface area contributed by atoms with Crippen molar-refractivity contribution in [3.63, 3.8) is 0 Å². The zero-order valence-electron chi connectivity index (χ0n) is 6.57. The van der Waals surface area contributed by atoms with Crippen LogP contribution in [-0.2, 0) is 0 Å². The lowest BCUT2D eigenvalue weighted by molar-refractivity contribution is 0.1000. The molecule has 0 aliphatic carbocycles. The van der Waals surface area contributed by atoms with Crippen molar-refractivity contribution in [1.29, 1.82) is 0 Å². The highest BCUT2D eigenvalue weighted by Crippen LogP contribution is 2.11. The Morgan fingerprint density at radius 2 is 2.50 bits per heavy atom. The monoisotopic (exact) mass is 183 g/mol. The fourth-order valence-electron chi connectivity index (χ4n) is 0.723. The summed E-state index contributed by atoms with van der Waals surface area (Å²) in [6.07, 6.45) is 1.56. The zero-order valence-corrected chi connectivity index (χ0v) is 7.39. The SMILES string of the molecule is CNSc1cc(C(N)=O)ccn1. The van der Waals surface area contributed by atoms with Crippen LogP contribution in [0.3, 0.4) is 0 Å². The molecule has 0 aliphatic heterocycles. The van der Waals surface area contributed by atoms with Crippen LogP contribution in [0.25, 0.3) is 0 Å². The fraction of sp³-hybridized carbons (Fsp3) is 0.143. The summed E-state index contributed by atoms with van der Waals surface area (Å²) in [5.74, 6) is -0.435. The normalized spacial score (nSPS) is 9.75. The minimum absolute atomic E-state index is 0.435. The first-order valence-electron chi connectivity index (χ1n) is 3.33. The van der Waals surface area contributed by atoms with Crippen LogP contribution in [0.1, 0.15) is 10.4 Å². The van der Waals surface area contributed by atoms with Gasteiger partial charge in [-0.2, -0.15) is 0 Å². The van der Waals surface area contributed by atoms with Crippen LogP contribution in [0, 0.1) is 0 Å². The van der Waals surface area contributed by atoms with Crippen LogP contribution < -0.4 is 10.5 Å². The Kier molecular flexibility index (Phi) is 3.07. The summed E-state index contributed by atoms with van der Waals surface area (Å²) in [6.45, 7) is 0. The van der Waals surface area contributed by atoms with Gasteiger partial charge in [0.2, 0.25) is 5.91 Å². The first kappa shape index (κ1) is 9.02. The highest BCUT2D eigenvalue weighted by Gasteiger charge is 2.01. The van der Waals surface area contributed by atoms with Crippen LogP contribution in [0.4, 0.5) is 0 Å². The van der Waals surface area contributed by atoms with Gasteiger partial charge in [-0.25, -0.2) is 4.98 Å². The summed E-state index contributed by atoms with van der Waals surface area (Å²) in [6, 6.07) is 3.23. The lowest BCUT2D eigenvalue weighted by Gasteiger charge is -1.98. The average molecular weight is 183 g/mol. The summed E-state index contributed by atoms with van der Waals surface area (Å²) < 4.78 is 2.85. The molecular formula is C7H9N3OS. The number of aromatic nitrogens is 1. The van der Waals surface area contributed by atoms with Crippen molar-refractivity contribution >= 4 is 17.9 Å². The van der Waals surface area contributed by atoms with E-state index < -0.39 is 5.91 Å². The Balaban J connectivity index is 2.88. The Morgan fingerprint density at radius 1 is 1.75 bits per heavy atom. The fourth-order valence-corrected chi connectivity index (χ4v) is 1.23. The van der Waals surface area contributed by atoms with Crippen molar-refractivity contribution < 1.29 is 4.79 Å². The smallest absolute Gasteiger partial charge is 0.248 e. The number of nitrogens with one attached hydrogen (secondary N) is 1. The number of amides is 1. The molecule has 0 aliphatic rings. The summed E-state index contributed by atoms with van der Waals surface area (Å²) >= 11 is 1.34. The number of carbonyl (C=O) groups excluding carboxylic acids is 1. The second-order valence-electron chi connectivity index (χ2n) is 2.05. The summed E-state index contributed by atoms with van der Waals surface area (Å²) in [7, 11) is 1.78. The van der Waals surface area contributed by atoms with Gasteiger partial charge in [-0.05, 0) is 31.1 Å². The number of hydrogen-bond acceptors (Lipinski definition) is 4. The van der Waals surface area contributed by atoms with Crippen LogP contribution in [0.15, 0.2) is 23.4 Å². The molecule has 0 unspecified atom stereocenters. The maximum Gasteiger partial charge on any atom is 0.248 e. The lowest BCUT2D eigenvalue weighted by Crippen LogP contribution is -2.11. The molecule has 3 N–H and O–H groups in total. The number of primary amides is 1. The van der Waals surface area contributed by atoms with Crippen molar-refractivity contribution in [2.45, 2.75) is 5.03 Å². The van der Waals surface area contributed by atoms with Crippen LogP contribution in [0.5, 0.6) is 0 Å². The van der Waals surface area contributed by atoms with E-state index in [2.05, 4.69) is 9.71 Å². The standard InChI is InChI=1S/C7H9N3OS/c1-9-12-6-4-5(7(8)11)2-3-10-6/h2-4,9H,1H3,(H2,8,11). The molecule has 0 spiro atoms. The van der Waals surface area contributed by atoms with Gasteiger partial charge in [0.05, 0.1) is 0 Å². The molecular weight excluding hydrogens is 174 g/mol. The molecule has 0 saturated carbocycles. The van der Waals surface area contributed by atoms with E-state index in [0.717, 1.165) is 5.03 Å². The number of nitrogens with two attached hydrogens (primary N) is 1. The minimum Gasteiger partial charge on any atom is -0.366 e. The predicted molar refractivity (Wildman–Crippen MR) is 47.7 cm³/mol. The number of pyridine rings is 1. The molecule has 1 heterocycles. The molecule has 12 heavy (non-hydrogen) atoms. The van der Waals surface area contributed by atoms with Gasteiger partial charge in [-0.15, -0.1) is 0 Å². The number of carbonyl (C=O) groups is 1. The highest BCUT2D eigenvalue weighted by molar-refractivity contribution is 7.97. The second kappa shape index (κ2) is 4.08. The molecule has 1 amide bonds. The average Bonchev–Trinajstić information content (AvgIpc) is 2.05. The summed E-state index contributed by atoms with van der Waals surface area (Å²) in [5, 5.41) is 0.730. The highest BCUT2D eigenvalue weighted by atomic mass is 32.2. The molecule has 4 nitrogen and oxygen atoms in total. The molecule has 0 saturated heterocycles. The Morgan fingerprint density at radius 3 is 3.08 bits per heavy atom. The third-order valence-electron chi connectivity index (χ3n) is 1.23. The van der Waals surface area contributed by atoms with Crippen molar-refractivity contribution in [2.24, 2.45) is 5.73 Å². The molecule has 0 atom stereocenters. The molecule has 1 rings (SSSR count). The van der Waals surface area contributed by atoms with E-state index in [1.54, 1.807) is 25.4 Å². The van der Waals surface area contributed by atoms with Crippen LogP contribution >= 0.6 is 11.9 Å². The Hall–Kier alpha value is -1.07. The first-order valence-corrected chi connectivity index (χ1v) is 4.15. The molecule has 5 heteroatoms. The molecule has 0 radical (unpaired) electrons. The third kappa shape index (κ3) is 2.21. The van der Waals surface area contributed by atoms with Crippen LogP contribution in [-0.4, -0.2) is 17.9 Å². The maximum absolute atomic E-state index is 10.7. The number of rotatable bonds is 3. The number of nitrogens with zero attached hydrogens (tertiary/aromatic N) is 1. The van der Waals surface area contributed by atoms with E-state index in [0.29, 0.717) is 5.56 Å². The molecule has 0 aromatic carbocycles. The van der Waals surface area contributed by atoms with Crippen LogP contribution in [0.2, 0.25) is 0 Å². The third-order valence-corrected chi connectivity index (χ3v) is 1.86. The van der Waals surface area contributed by atoms with Gasteiger partial charge in [0, 0.05) is 11.8 Å². The molecule has 0 fully saturated rings. The second-order valence-corrected chi connectivity index (χ2v) is 3.08.